The maximum atomic E-state index is 4.75. The number of halogens is 1. The first-order chi connectivity index (χ1) is 8.24. The number of fused-ring (bicyclic) bond motifs is 1. The second-order valence-electron chi connectivity index (χ2n) is 4.28. The molecule has 0 spiro atoms. The van der Waals surface area contributed by atoms with Crippen molar-refractivity contribution in [1.29, 1.82) is 0 Å². The molecule has 0 saturated carbocycles. The minimum absolute atomic E-state index is 0.972. The van der Waals surface area contributed by atoms with Crippen LogP contribution in [-0.2, 0) is 13.0 Å². The lowest BCUT2D eigenvalue weighted by Gasteiger charge is -2.09. The van der Waals surface area contributed by atoms with Gasteiger partial charge in [-0.15, -0.1) is 11.3 Å². The van der Waals surface area contributed by atoms with E-state index in [-0.39, 0.29) is 0 Å². The van der Waals surface area contributed by atoms with Gasteiger partial charge in [-0.3, -0.25) is 0 Å². The van der Waals surface area contributed by atoms with Gasteiger partial charge in [0.05, 0.1) is 5.69 Å². The molecule has 1 N–H and O–H groups in total. The molecule has 0 aliphatic carbocycles. The number of rotatable bonds is 1. The second-order valence-corrected chi connectivity index (χ2v) is 6.22. The molecule has 2 aromatic rings. The Morgan fingerprint density at radius 2 is 2.29 bits per heavy atom. The van der Waals surface area contributed by atoms with Crippen LogP contribution < -0.4 is 5.32 Å². The van der Waals surface area contributed by atoms with Crippen LogP contribution in [0.1, 0.15) is 16.1 Å². The van der Waals surface area contributed by atoms with E-state index >= 15 is 0 Å². The van der Waals surface area contributed by atoms with Crippen LogP contribution in [0.15, 0.2) is 22.7 Å². The van der Waals surface area contributed by atoms with Crippen molar-refractivity contribution in [2.24, 2.45) is 0 Å². The number of thiazole rings is 1. The lowest BCUT2D eigenvalue weighted by molar-refractivity contribution is 0.644. The van der Waals surface area contributed by atoms with E-state index in [0.29, 0.717) is 0 Å². The van der Waals surface area contributed by atoms with Crippen LogP contribution >= 0.6 is 27.3 Å². The van der Waals surface area contributed by atoms with E-state index in [2.05, 4.69) is 46.4 Å². The fraction of sp³-hybridized carbons (Fsp3) is 0.308. The van der Waals surface area contributed by atoms with E-state index in [0.717, 1.165) is 29.0 Å². The molecule has 0 fully saturated rings. The molecule has 1 aliphatic rings. The number of hydrogen-bond donors (Lipinski definition) is 1. The molecule has 2 heterocycles. The van der Waals surface area contributed by atoms with Gasteiger partial charge in [0.2, 0.25) is 0 Å². The van der Waals surface area contributed by atoms with Crippen molar-refractivity contribution in [3.63, 3.8) is 0 Å². The third kappa shape index (κ3) is 2.17. The third-order valence-electron chi connectivity index (χ3n) is 3.02. The Kier molecular flexibility index (Phi) is 3.03. The highest BCUT2D eigenvalue weighted by Crippen LogP contribution is 2.31. The Labute approximate surface area is 113 Å². The molecule has 0 radical (unpaired) electrons. The summed E-state index contributed by atoms with van der Waals surface area (Å²) in [5.74, 6) is 0. The molecule has 0 amide bonds. The number of hydrogen-bond acceptors (Lipinski definition) is 3. The Morgan fingerprint density at radius 1 is 1.41 bits per heavy atom. The fourth-order valence-electron chi connectivity index (χ4n) is 1.97. The van der Waals surface area contributed by atoms with Gasteiger partial charge in [-0.2, -0.15) is 0 Å². The van der Waals surface area contributed by atoms with Crippen molar-refractivity contribution < 1.29 is 0 Å². The number of aromatic nitrogens is 1. The van der Waals surface area contributed by atoms with Gasteiger partial charge in [0.15, 0.2) is 0 Å². The van der Waals surface area contributed by atoms with E-state index in [1.807, 2.05) is 11.3 Å². The van der Waals surface area contributed by atoms with Gasteiger partial charge in [-0.25, -0.2) is 4.98 Å². The third-order valence-corrected chi connectivity index (χ3v) is 5.02. The Bertz CT molecular complexity index is 539. The topological polar surface area (TPSA) is 24.9 Å². The summed E-state index contributed by atoms with van der Waals surface area (Å²) >= 11 is 5.39. The summed E-state index contributed by atoms with van der Waals surface area (Å²) in [5.41, 5.74) is 3.75. The monoisotopic (exact) mass is 308 g/mol. The van der Waals surface area contributed by atoms with Crippen LogP contribution in [-0.4, -0.2) is 11.5 Å². The highest BCUT2D eigenvalue weighted by atomic mass is 79.9. The SMILES string of the molecule is Cc1ccc(-c2nc3c(s2)CNCC3)cc1Br. The van der Waals surface area contributed by atoms with Crippen molar-refractivity contribution in [1.82, 2.24) is 10.3 Å². The van der Waals surface area contributed by atoms with Gasteiger partial charge in [-0.05, 0) is 18.6 Å². The average molecular weight is 309 g/mol. The van der Waals surface area contributed by atoms with Crippen molar-refractivity contribution in [2.45, 2.75) is 19.9 Å². The first-order valence-electron chi connectivity index (χ1n) is 5.70. The normalized spacial score (nSPS) is 14.7. The van der Waals surface area contributed by atoms with Gasteiger partial charge < -0.3 is 5.32 Å². The van der Waals surface area contributed by atoms with E-state index in [4.69, 9.17) is 4.98 Å². The maximum absolute atomic E-state index is 4.75. The van der Waals surface area contributed by atoms with Crippen LogP contribution in [0.3, 0.4) is 0 Å². The van der Waals surface area contributed by atoms with E-state index < -0.39 is 0 Å². The minimum atomic E-state index is 0.972. The zero-order valence-electron chi connectivity index (χ0n) is 9.59. The molecule has 0 bridgehead atoms. The zero-order chi connectivity index (χ0) is 11.8. The predicted octanol–water partition coefficient (Wildman–Crippen LogP) is 3.53. The highest BCUT2D eigenvalue weighted by molar-refractivity contribution is 9.10. The molecule has 0 unspecified atom stereocenters. The summed E-state index contributed by atoms with van der Waals surface area (Å²) in [7, 11) is 0. The molecule has 88 valence electrons. The van der Waals surface area contributed by atoms with Crippen LogP contribution in [0, 0.1) is 6.92 Å². The van der Waals surface area contributed by atoms with E-state index in [1.54, 1.807) is 0 Å². The first-order valence-corrected chi connectivity index (χ1v) is 7.31. The fourth-order valence-corrected chi connectivity index (χ4v) is 3.43. The average Bonchev–Trinajstić information content (AvgIpc) is 2.76. The molecule has 1 aromatic heterocycles. The summed E-state index contributed by atoms with van der Waals surface area (Å²) in [6, 6.07) is 6.45. The predicted molar refractivity (Wildman–Crippen MR) is 75.4 cm³/mol. The molecule has 3 rings (SSSR count). The summed E-state index contributed by atoms with van der Waals surface area (Å²) in [4.78, 5) is 6.14. The molecule has 1 aromatic carbocycles. The summed E-state index contributed by atoms with van der Waals surface area (Å²) in [6.07, 6.45) is 1.05. The van der Waals surface area contributed by atoms with Crippen LogP contribution in [0.25, 0.3) is 10.6 Å². The zero-order valence-corrected chi connectivity index (χ0v) is 12.0. The highest BCUT2D eigenvalue weighted by Gasteiger charge is 2.15. The second kappa shape index (κ2) is 4.52. The van der Waals surface area contributed by atoms with Crippen molar-refractivity contribution in [3.8, 4) is 10.6 Å². The van der Waals surface area contributed by atoms with Crippen LogP contribution in [0.4, 0.5) is 0 Å². The molecule has 4 heteroatoms. The Morgan fingerprint density at radius 3 is 3.06 bits per heavy atom. The largest absolute Gasteiger partial charge is 0.311 e. The van der Waals surface area contributed by atoms with Gasteiger partial charge >= 0.3 is 0 Å². The molecular formula is C13H13BrN2S. The molecule has 17 heavy (non-hydrogen) atoms. The Hall–Kier alpha value is -0.710. The van der Waals surface area contributed by atoms with Gasteiger partial charge in [-0.1, -0.05) is 28.1 Å². The van der Waals surface area contributed by atoms with E-state index in [9.17, 15) is 0 Å². The number of nitrogens with zero attached hydrogens (tertiary/aromatic N) is 1. The smallest absolute Gasteiger partial charge is 0.123 e. The number of nitrogens with one attached hydrogen (secondary N) is 1. The van der Waals surface area contributed by atoms with Gasteiger partial charge in [0.1, 0.15) is 5.01 Å². The van der Waals surface area contributed by atoms with Crippen LogP contribution in [0.2, 0.25) is 0 Å². The summed E-state index contributed by atoms with van der Waals surface area (Å²) in [6.45, 7) is 4.12. The summed E-state index contributed by atoms with van der Waals surface area (Å²) in [5, 5.41) is 4.53. The number of benzene rings is 1. The minimum Gasteiger partial charge on any atom is -0.311 e. The van der Waals surface area contributed by atoms with Crippen molar-refractivity contribution >= 4 is 27.3 Å². The molecule has 2 nitrogen and oxygen atoms in total. The lowest BCUT2D eigenvalue weighted by atomic mass is 10.1. The maximum Gasteiger partial charge on any atom is 0.123 e. The van der Waals surface area contributed by atoms with Crippen molar-refractivity contribution in [3.05, 3.63) is 38.8 Å². The first kappa shape index (κ1) is 11.4. The standard InChI is InChI=1S/C13H13BrN2S/c1-8-2-3-9(6-10(8)14)13-16-11-4-5-15-7-12(11)17-13/h2-3,6,15H,4-5,7H2,1H3. The quantitative estimate of drug-likeness (QED) is 0.872. The number of aryl methyl sites for hydroxylation is 1. The van der Waals surface area contributed by atoms with E-state index in [1.165, 1.54) is 21.7 Å². The van der Waals surface area contributed by atoms with Crippen LogP contribution in [0.5, 0.6) is 0 Å². The Balaban J connectivity index is 2.03. The molecule has 0 saturated heterocycles. The summed E-state index contributed by atoms with van der Waals surface area (Å²) < 4.78 is 1.15. The molecular weight excluding hydrogens is 296 g/mol. The van der Waals surface area contributed by atoms with Gasteiger partial charge in [0.25, 0.3) is 0 Å². The lowest BCUT2D eigenvalue weighted by Crippen LogP contribution is -2.22. The molecule has 0 atom stereocenters. The van der Waals surface area contributed by atoms with Crippen molar-refractivity contribution in [2.75, 3.05) is 6.54 Å². The molecule has 1 aliphatic heterocycles. The van der Waals surface area contributed by atoms with Gasteiger partial charge in [0, 0.05) is 34.4 Å².